The Labute approximate surface area is 155 Å². The zero-order valence-electron chi connectivity index (χ0n) is 15.4. The van der Waals surface area contributed by atoms with Crippen LogP contribution in [-0.4, -0.2) is 24.4 Å². The second-order valence-electron chi connectivity index (χ2n) is 6.47. The molecule has 0 bridgehead atoms. The second-order valence-corrected chi connectivity index (χ2v) is 6.47. The summed E-state index contributed by atoms with van der Waals surface area (Å²) in [5.41, 5.74) is 2.78. The second kappa shape index (κ2) is 10.3. The maximum atomic E-state index is 12.5. The van der Waals surface area contributed by atoms with E-state index in [4.69, 9.17) is 0 Å². The normalized spacial score (nSPS) is 11.5. The minimum Gasteiger partial charge on any atom is -0.337 e. The number of benzene rings is 2. The van der Waals surface area contributed by atoms with Crippen LogP contribution in [0.5, 0.6) is 0 Å². The Hall–Kier alpha value is -2.72. The van der Waals surface area contributed by atoms with E-state index in [0.29, 0.717) is 12.1 Å². The van der Waals surface area contributed by atoms with Gasteiger partial charge in [-0.1, -0.05) is 66.2 Å². The molecule has 1 amide bonds. The summed E-state index contributed by atoms with van der Waals surface area (Å²) in [7, 11) is 0. The smallest absolute Gasteiger partial charge is 0.245 e. The lowest BCUT2D eigenvalue weighted by Crippen LogP contribution is -2.46. The standard InChI is InChI=1S/C22H26N2O2/c1-17(2)15-22(26)24-21(16-20(25)19-11-7-4-8-12-19)23-14-13-18-9-5-3-6-10-18/h3-12,15,21,23H,13-14,16H2,1-2H3,(H,24,26). The van der Waals surface area contributed by atoms with Crippen LogP contribution in [0.15, 0.2) is 72.3 Å². The predicted molar refractivity (Wildman–Crippen MR) is 105 cm³/mol. The van der Waals surface area contributed by atoms with Crippen molar-refractivity contribution < 1.29 is 9.59 Å². The molecule has 2 rings (SSSR count). The molecule has 4 heteroatoms. The van der Waals surface area contributed by atoms with Gasteiger partial charge in [-0.25, -0.2) is 0 Å². The lowest BCUT2D eigenvalue weighted by Gasteiger charge is -2.19. The Morgan fingerprint density at radius 1 is 0.962 bits per heavy atom. The van der Waals surface area contributed by atoms with Crippen molar-refractivity contribution in [3.63, 3.8) is 0 Å². The molecule has 0 aromatic heterocycles. The topological polar surface area (TPSA) is 58.2 Å². The van der Waals surface area contributed by atoms with Gasteiger partial charge in [0.15, 0.2) is 5.78 Å². The van der Waals surface area contributed by atoms with Gasteiger partial charge in [0.25, 0.3) is 0 Å². The molecule has 2 aromatic carbocycles. The molecule has 1 atom stereocenters. The van der Waals surface area contributed by atoms with E-state index in [1.165, 1.54) is 5.56 Å². The highest BCUT2D eigenvalue weighted by atomic mass is 16.2. The average Bonchev–Trinajstić information content (AvgIpc) is 2.62. The minimum absolute atomic E-state index is 0.000288. The van der Waals surface area contributed by atoms with Gasteiger partial charge >= 0.3 is 0 Å². The van der Waals surface area contributed by atoms with Crippen LogP contribution in [0.2, 0.25) is 0 Å². The predicted octanol–water partition coefficient (Wildman–Crippen LogP) is 3.50. The molecule has 0 heterocycles. The van der Waals surface area contributed by atoms with E-state index in [0.717, 1.165) is 12.0 Å². The number of hydrogen-bond acceptors (Lipinski definition) is 3. The van der Waals surface area contributed by atoms with Crippen LogP contribution >= 0.6 is 0 Å². The van der Waals surface area contributed by atoms with Crippen molar-refractivity contribution in [2.24, 2.45) is 0 Å². The number of ketones is 1. The highest BCUT2D eigenvalue weighted by Crippen LogP contribution is 2.05. The van der Waals surface area contributed by atoms with Gasteiger partial charge in [0, 0.05) is 24.6 Å². The number of nitrogens with one attached hydrogen (secondary N) is 2. The summed E-state index contributed by atoms with van der Waals surface area (Å²) in [5, 5.41) is 6.18. The first-order valence-corrected chi connectivity index (χ1v) is 8.85. The molecule has 1 unspecified atom stereocenters. The van der Waals surface area contributed by atoms with Crippen molar-refractivity contribution in [1.82, 2.24) is 10.6 Å². The first kappa shape index (κ1) is 19.6. The molecule has 136 valence electrons. The number of allylic oxidation sites excluding steroid dienone is 1. The summed E-state index contributed by atoms with van der Waals surface area (Å²) in [5.74, 6) is -0.191. The Kier molecular flexibility index (Phi) is 7.77. The first-order chi connectivity index (χ1) is 12.5. The zero-order valence-corrected chi connectivity index (χ0v) is 15.4. The quantitative estimate of drug-likeness (QED) is 0.413. The number of hydrogen-bond donors (Lipinski definition) is 2. The van der Waals surface area contributed by atoms with Crippen molar-refractivity contribution in [2.75, 3.05) is 6.54 Å². The van der Waals surface area contributed by atoms with Gasteiger partial charge in [-0.15, -0.1) is 0 Å². The lowest BCUT2D eigenvalue weighted by atomic mass is 10.1. The zero-order chi connectivity index (χ0) is 18.8. The molecule has 0 saturated heterocycles. The highest BCUT2D eigenvalue weighted by Gasteiger charge is 2.16. The first-order valence-electron chi connectivity index (χ1n) is 8.85. The molecule has 0 saturated carbocycles. The number of rotatable bonds is 9. The van der Waals surface area contributed by atoms with Crippen LogP contribution in [-0.2, 0) is 11.2 Å². The van der Waals surface area contributed by atoms with Gasteiger partial charge in [-0.05, 0) is 25.8 Å². The van der Waals surface area contributed by atoms with E-state index < -0.39 is 6.17 Å². The molecular formula is C22H26N2O2. The maximum absolute atomic E-state index is 12.5. The number of amides is 1. The van der Waals surface area contributed by atoms with E-state index in [9.17, 15) is 9.59 Å². The Bertz CT molecular complexity index is 735. The number of Topliss-reactive ketones (excluding diaryl/α,β-unsaturated/α-hetero) is 1. The van der Waals surface area contributed by atoms with Crippen LogP contribution in [0.1, 0.15) is 36.2 Å². The molecule has 0 spiro atoms. The van der Waals surface area contributed by atoms with E-state index in [2.05, 4.69) is 22.8 Å². The number of carbonyl (C=O) groups is 2. The van der Waals surface area contributed by atoms with E-state index in [1.807, 2.05) is 50.2 Å². The molecule has 4 nitrogen and oxygen atoms in total. The SMILES string of the molecule is CC(C)=CC(=O)NC(CC(=O)c1ccccc1)NCCc1ccccc1. The van der Waals surface area contributed by atoms with E-state index in [1.54, 1.807) is 18.2 Å². The summed E-state index contributed by atoms with van der Waals surface area (Å²) in [6.45, 7) is 4.41. The fourth-order valence-electron chi connectivity index (χ4n) is 2.61. The average molecular weight is 350 g/mol. The van der Waals surface area contributed by atoms with Gasteiger partial charge in [0.1, 0.15) is 0 Å². The lowest BCUT2D eigenvalue weighted by molar-refractivity contribution is -0.117. The minimum atomic E-state index is -0.408. The molecular weight excluding hydrogens is 324 g/mol. The van der Waals surface area contributed by atoms with Crippen molar-refractivity contribution in [2.45, 2.75) is 32.9 Å². The molecule has 2 N–H and O–H groups in total. The monoisotopic (exact) mass is 350 g/mol. The molecule has 0 aliphatic heterocycles. The maximum Gasteiger partial charge on any atom is 0.245 e. The Morgan fingerprint density at radius 3 is 2.19 bits per heavy atom. The van der Waals surface area contributed by atoms with Crippen molar-refractivity contribution in [1.29, 1.82) is 0 Å². The summed E-state index contributed by atoms with van der Waals surface area (Å²) in [6, 6.07) is 19.3. The Balaban J connectivity index is 1.97. The van der Waals surface area contributed by atoms with Crippen LogP contribution in [0, 0.1) is 0 Å². The number of carbonyl (C=O) groups excluding carboxylic acids is 2. The van der Waals surface area contributed by atoms with E-state index >= 15 is 0 Å². The summed E-state index contributed by atoms with van der Waals surface area (Å²) < 4.78 is 0. The summed E-state index contributed by atoms with van der Waals surface area (Å²) >= 11 is 0. The van der Waals surface area contributed by atoms with Gasteiger partial charge in [-0.2, -0.15) is 0 Å². The van der Waals surface area contributed by atoms with Crippen LogP contribution in [0.4, 0.5) is 0 Å². The van der Waals surface area contributed by atoms with E-state index in [-0.39, 0.29) is 18.1 Å². The summed E-state index contributed by atoms with van der Waals surface area (Å²) in [6.07, 6.45) is 2.17. The van der Waals surface area contributed by atoms with Crippen LogP contribution < -0.4 is 10.6 Å². The molecule has 0 aliphatic rings. The third-order valence-electron chi connectivity index (χ3n) is 3.87. The van der Waals surface area contributed by atoms with Crippen LogP contribution in [0.25, 0.3) is 0 Å². The van der Waals surface area contributed by atoms with Gasteiger partial charge in [-0.3, -0.25) is 14.9 Å². The highest BCUT2D eigenvalue weighted by molar-refractivity contribution is 5.97. The molecule has 0 radical (unpaired) electrons. The molecule has 0 aliphatic carbocycles. The van der Waals surface area contributed by atoms with Gasteiger partial charge in [0.05, 0.1) is 6.17 Å². The van der Waals surface area contributed by atoms with Gasteiger partial charge in [0.2, 0.25) is 5.91 Å². The molecule has 26 heavy (non-hydrogen) atoms. The van der Waals surface area contributed by atoms with Crippen molar-refractivity contribution in [3.8, 4) is 0 Å². The van der Waals surface area contributed by atoms with Crippen LogP contribution in [0.3, 0.4) is 0 Å². The Morgan fingerprint density at radius 2 is 1.58 bits per heavy atom. The molecule has 2 aromatic rings. The fraction of sp³-hybridized carbons (Fsp3) is 0.273. The third kappa shape index (κ3) is 7.03. The molecule has 0 fully saturated rings. The third-order valence-corrected chi connectivity index (χ3v) is 3.87. The fourth-order valence-corrected chi connectivity index (χ4v) is 2.61. The largest absolute Gasteiger partial charge is 0.337 e. The van der Waals surface area contributed by atoms with Crippen molar-refractivity contribution in [3.05, 3.63) is 83.4 Å². The summed E-state index contributed by atoms with van der Waals surface area (Å²) in [4.78, 5) is 24.6. The van der Waals surface area contributed by atoms with Crippen molar-refractivity contribution >= 4 is 11.7 Å². The van der Waals surface area contributed by atoms with Gasteiger partial charge < -0.3 is 5.32 Å².